The van der Waals surface area contributed by atoms with Gasteiger partial charge in [-0.3, -0.25) is 19.8 Å². The lowest BCUT2D eigenvalue weighted by molar-refractivity contribution is -0.149. The van der Waals surface area contributed by atoms with Crippen LogP contribution < -0.4 is 5.32 Å². The first-order valence-electron chi connectivity index (χ1n) is 6.55. The van der Waals surface area contributed by atoms with E-state index in [1.807, 2.05) is 13.8 Å². The molecule has 1 aliphatic rings. The van der Waals surface area contributed by atoms with Crippen LogP contribution in [-0.2, 0) is 14.3 Å². The van der Waals surface area contributed by atoms with E-state index >= 15 is 0 Å². The molecule has 0 atom stereocenters. The summed E-state index contributed by atoms with van der Waals surface area (Å²) in [5.74, 6) is -0.979. The molecule has 4 amide bonds. The molecule has 6 nitrogen and oxygen atoms in total. The molecule has 1 N–H and O–H groups in total. The van der Waals surface area contributed by atoms with E-state index in [2.05, 4.69) is 5.32 Å². The standard InChI is InChI=1S/C13H22N2O4/c1-9(2)19-8-6-5-7-15-11(17)13(3,4)10(16)14-12(15)18/h9H,5-8H2,1-4H3,(H,14,16,18). The first-order valence-corrected chi connectivity index (χ1v) is 6.55. The molecule has 1 aliphatic heterocycles. The molecule has 1 heterocycles. The van der Waals surface area contributed by atoms with Crippen LogP contribution >= 0.6 is 0 Å². The predicted molar refractivity (Wildman–Crippen MR) is 69.4 cm³/mol. The summed E-state index contributed by atoms with van der Waals surface area (Å²) in [5.41, 5.74) is -1.18. The van der Waals surface area contributed by atoms with Crippen molar-refractivity contribution in [3.05, 3.63) is 0 Å². The fourth-order valence-electron chi connectivity index (χ4n) is 1.74. The smallest absolute Gasteiger partial charge is 0.330 e. The molecule has 1 rings (SSSR count). The molecule has 19 heavy (non-hydrogen) atoms. The maximum Gasteiger partial charge on any atom is 0.330 e. The molecule has 0 unspecified atom stereocenters. The van der Waals surface area contributed by atoms with Crippen LogP contribution in [0.3, 0.4) is 0 Å². The Labute approximate surface area is 113 Å². The fraction of sp³-hybridized carbons (Fsp3) is 0.769. The van der Waals surface area contributed by atoms with Crippen LogP contribution in [-0.4, -0.2) is 42.0 Å². The van der Waals surface area contributed by atoms with Crippen LogP contribution in [0.4, 0.5) is 4.79 Å². The van der Waals surface area contributed by atoms with E-state index in [0.717, 1.165) is 11.3 Å². The molecule has 108 valence electrons. The summed E-state index contributed by atoms with van der Waals surface area (Å²) in [6.07, 6.45) is 1.61. The molecule has 0 radical (unpaired) electrons. The van der Waals surface area contributed by atoms with Crippen molar-refractivity contribution in [2.75, 3.05) is 13.2 Å². The van der Waals surface area contributed by atoms with Gasteiger partial charge in [-0.05, 0) is 40.5 Å². The Kier molecular flexibility index (Phi) is 5.05. The highest BCUT2D eigenvalue weighted by Gasteiger charge is 2.46. The zero-order chi connectivity index (χ0) is 14.6. The molecular weight excluding hydrogens is 248 g/mol. The summed E-state index contributed by atoms with van der Waals surface area (Å²) in [5, 5.41) is 2.21. The number of barbiturate groups is 1. The van der Waals surface area contributed by atoms with Crippen LogP contribution in [0.15, 0.2) is 0 Å². The predicted octanol–water partition coefficient (Wildman–Crippen LogP) is 1.30. The van der Waals surface area contributed by atoms with E-state index in [-0.39, 0.29) is 6.10 Å². The number of urea groups is 1. The van der Waals surface area contributed by atoms with E-state index < -0.39 is 23.3 Å². The third-order valence-electron chi connectivity index (χ3n) is 3.04. The Morgan fingerprint density at radius 3 is 2.42 bits per heavy atom. The number of rotatable bonds is 6. The minimum atomic E-state index is -1.18. The van der Waals surface area contributed by atoms with Crippen molar-refractivity contribution in [3.63, 3.8) is 0 Å². The first kappa shape index (κ1) is 15.6. The average Bonchev–Trinajstić information content (AvgIpc) is 2.30. The van der Waals surface area contributed by atoms with Gasteiger partial charge >= 0.3 is 6.03 Å². The lowest BCUT2D eigenvalue weighted by Gasteiger charge is -2.34. The Balaban J connectivity index is 2.46. The van der Waals surface area contributed by atoms with Gasteiger partial charge in [0.2, 0.25) is 11.8 Å². The molecule has 6 heteroatoms. The fourth-order valence-corrected chi connectivity index (χ4v) is 1.74. The summed E-state index contributed by atoms with van der Waals surface area (Å²) < 4.78 is 5.38. The van der Waals surface area contributed by atoms with Crippen LogP contribution in [0.1, 0.15) is 40.5 Å². The zero-order valence-corrected chi connectivity index (χ0v) is 12.0. The number of imide groups is 2. The van der Waals surface area contributed by atoms with E-state index in [0.29, 0.717) is 19.6 Å². The van der Waals surface area contributed by atoms with Gasteiger partial charge < -0.3 is 4.74 Å². The topological polar surface area (TPSA) is 75.7 Å². The second-order valence-electron chi connectivity index (χ2n) is 5.47. The van der Waals surface area contributed by atoms with E-state index in [4.69, 9.17) is 4.74 Å². The monoisotopic (exact) mass is 270 g/mol. The normalized spacial score (nSPS) is 19.0. The lowest BCUT2D eigenvalue weighted by atomic mass is 9.89. The quantitative estimate of drug-likeness (QED) is 0.583. The highest BCUT2D eigenvalue weighted by atomic mass is 16.5. The molecule has 0 bridgehead atoms. The molecule has 0 aliphatic carbocycles. The van der Waals surface area contributed by atoms with Gasteiger partial charge in [-0.25, -0.2) is 4.79 Å². The molecule has 0 aromatic rings. The number of hydrogen-bond donors (Lipinski definition) is 1. The van der Waals surface area contributed by atoms with E-state index in [1.54, 1.807) is 0 Å². The number of amides is 4. The number of carbonyl (C=O) groups is 3. The van der Waals surface area contributed by atoms with Crippen molar-refractivity contribution >= 4 is 17.8 Å². The summed E-state index contributed by atoms with van der Waals surface area (Å²) in [6, 6.07) is -0.626. The van der Waals surface area contributed by atoms with Crippen LogP contribution in [0.25, 0.3) is 0 Å². The summed E-state index contributed by atoms with van der Waals surface area (Å²) in [6.45, 7) is 7.86. The van der Waals surface area contributed by atoms with Crippen molar-refractivity contribution < 1.29 is 19.1 Å². The van der Waals surface area contributed by atoms with Gasteiger partial charge in [0, 0.05) is 13.2 Å². The molecule has 0 aromatic heterocycles. The molecule has 0 spiro atoms. The summed E-state index contributed by atoms with van der Waals surface area (Å²) >= 11 is 0. The first-order chi connectivity index (χ1) is 8.76. The SMILES string of the molecule is CC(C)OCCCCN1C(=O)NC(=O)C(C)(C)C1=O. The van der Waals surface area contributed by atoms with Gasteiger partial charge in [0.05, 0.1) is 6.10 Å². The highest BCUT2D eigenvalue weighted by molar-refractivity contribution is 6.18. The van der Waals surface area contributed by atoms with Crippen LogP contribution in [0.2, 0.25) is 0 Å². The minimum absolute atomic E-state index is 0.177. The maximum atomic E-state index is 12.1. The molecular formula is C13H22N2O4. The summed E-state index contributed by atoms with van der Waals surface area (Å²) in [4.78, 5) is 36.3. The van der Waals surface area contributed by atoms with E-state index in [9.17, 15) is 14.4 Å². The number of hydrogen-bond acceptors (Lipinski definition) is 4. The minimum Gasteiger partial charge on any atom is -0.379 e. The number of nitrogens with one attached hydrogen (secondary N) is 1. The molecule has 0 aromatic carbocycles. The number of unbranched alkanes of at least 4 members (excludes halogenated alkanes) is 1. The van der Waals surface area contributed by atoms with Gasteiger partial charge in [0.25, 0.3) is 0 Å². The third kappa shape index (κ3) is 3.76. The van der Waals surface area contributed by atoms with Gasteiger partial charge in [-0.1, -0.05) is 0 Å². The Bertz CT molecular complexity index is 377. The third-order valence-corrected chi connectivity index (χ3v) is 3.04. The number of nitrogens with zero attached hydrogens (tertiary/aromatic N) is 1. The van der Waals surface area contributed by atoms with Crippen LogP contribution in [0, 0.1) is 5.41 Å². The van der Waals surface area contributed by atoms with Crippen LogP contribution in [0.5, 0.6) is 0 Å². The molecule has 1 fully saturated rings. The van der Waals surface area contributed by atoms with Crippen molar-refractivity contribution in [2.45, 2.75) is 46.6 Å². The summed E-state index contributed by atoms with van der Waals surface area (Å²) in [7, 11) is 0. The second kappa shape index (κ2) is 6.14. The van der Waals surface area contributed by atoms with Gasteiger partial charge in [-0.2, -0.15) is 0 Å². The zero-order valence-electron chi connectivity index (χ0n) is 12.0. The maximum absolute atomic E-state index is 12.1. The van der Waals surface area contributed by atoms with Gasteiger partial charge in [0.15, 0.2) is 0 Å². The van der Waals surface area contributed by atoms with Gasteiger partial charge in [-0.15, -0.1) is 0 Å². The van der Waals surface area contributed by atoms with E-state index in [1.165, 1.54) is 13.8 Å². The Hall–Kier alpha value is -1.43. The lowest BCUT2D eigenvalue weighted by Crippen LogP contribution is -2.61. The molecule has 0 saturated carbocycles. The van der Waals surface area contributed by atoms with Gasteiger partial charge in [0.1, 0.15) is 5.41 Å². The van der Waals surface area contributed by atoms with Crippen molar-refractivity contribution in [3.8, 4) is 0 Å². The Morgan fingerprint density at radius 2 is 1.84 bits per heavy atom. The van der Waals surface area contributed by atoms with Crippen molar-refractivity contribution in [1.82, 2.24) is 10.2 Å². The average molecular weight is 270 g/mol. The molecule has 1 saturated heterocycles. The number of carbonyl (C=O) groups excluding carboxylic acids is 3. The number of ether oxygens (including phenoxy) is 1. The highest BCUT2D eigenvalue weighted by Crippen LogP contribution is 2.23. The second-order valence-corrected chi connectivity index (χ2v) is 5.47. The Morgan fingerprint density at radius 1 is 1.21 bits per heavy atom. The van der Waals surface area contributed by atoms with Crippen molar-refractivity contribution in [2.24, 2.45) is 5.41 Å². The largest absolute Gasteiger partial charge is 0.379 e. The van der Waals surface area contributed by atoms with Crippen molar-refractivity contribution in [1.29, 1.82) is 0 Å².